The molecule has 1 N–H and O–H groups in total. The van der Waals surface area contributed by atoms with Gasteiger partial charge in [-0.15, -0.1) is 0 Å². The van der Waals surface area contributed by atoms with Gasteiger partial charge < -0.3 is 19.7 Å². The Morgan fingerprint density at radius 1 is 1.11 bits per heavy atom. The SMILES string of the molecule is CCN1CCN(C(=O)NC2CCC(Oc3nccnc3OC)CC2)C(=O)C1=O. The fraction of sp³-hybridized carbons (Fsp3) is 0.611. The molecule has 0 radical (unpaired) electrons. The van der Waals surface area contributed by atoms with E-state index in [1.54, 1.807) is 13.1 Å². The molecule has 0 spiro atoms. The van der Waals surface area contributed by atoms with Gasteiger partial charge in [0.05, 0.1) is 7.11 Å². The number of likely N-dealkylation sites (N-methyl/N-ethyl adjacent to an activating group) is 1. The quantitative estimate of drug-likeness (QED) is 0.730. The van der Waals surface area contributed by atoms with Gasteiger partial charge in [0.15, 0.2) is 0 Å². The molecule has 1 aromatic rings. The Balaban J connectivity index is 1.48. The average molecular weight is 391 g/mol. The lowest BCUT2D eigenvalue weighted by molar-refractivity contribution is -0.153. The molecule has 10 heteroatoms. The van der Waals surface area contributed by atoms with E-state index in [0.29, 0.717) is 37.7 Å². The summed E-state index contributed by atoms with van der Waals surface area (Å²) in [6.07, 6.45) is 5.88. The Kier molecular flexibility index (Phi) is 6.27. The van der Waals surface area contributed by atoms with Crippen molar-refractivity contribution in [2.75, 3.05) is 26.7 Å². The molecule has 28 heavy (non-hydrogen) atoms. The van der Waals surface area contributed by atoms with E-state index >= 15 is 0 Å². The summed E-state index contributed by atoms with van der Waals surface area (Å²) in [7, 11) is 1.51. The summed E-state index contributed by atoms with van der Waals surface area (Å²) in [5.74, 6) is -0.695. The van der Waals surface area contributed by atoms with Crippen molar-refractivity contribution < 1.29 is 23.9 Å². The van der Waals surface area contributed by atoms with Gasteiger partial charge in [0, 0.05) is 38.1 Å². The fourth-order valence-corrected chi connectivity index (χ4v) is 3.44. The zero-order chi connectivity index (χ0) is 20.1. The molecule has 1 saturated heterocycles. The molecule has 2 aliphatic rings. The lowest BCUT2D eigenvalue weighted by Gasteiger charge is -2.34. The van der Waals surface area contributed by atoms with E-state index in [4.69, 9.17) is 9.47 Å². The molecule has 4 amide bonds. The molecule has 152 valence electrons. The van der Waals surface area contributed by atoms with Crippen molar-refractivity contribution in [3.63, 3.8) is 0 Å². The van der Waals surface area contributed by atoms with Crippen molar-refractivity contribution in [2.24, 2.45) is 0 Å². The molecule has 1 aliphatic carbocycles. The first kappa shape index (κ1) is 19.8. The number of amides is 4. The second kappa shape index (κ2) is 8.85. The summed E-state index contributed by atoms with van der Waals surface area (Å²) < 4.78 is 11.0. The van der Waals surface area contributed by atoms with Crippen LogP contribution in [-0.4, -0.2) is 76.5 Å². The maximum Gasteiger partial charge on any atom is 0.324 e. The lowest BCUT2D eigenvalue weighted by atomic mass is 9.93. The number of imide groups is 1. The highest BCUT2D eigenvalue weighted by atomic mass is 16.5. The third-order valence-electron chi connectivity index (χ3n) is 5.04. The summed E-state index contributed by atoms with van der Waals surface area (Å²) in [6.45, 7) is 2.85. The van der Waals surface area contributed by atoms with Crippen molar-refractivity contribution in [3.05, 3.63) is 12.4 Å². The molecule has 2 fully saturated rings. The number of aromatic nitrogens is 2. The standard InChI is InChI=1S/C18H25N5O5/c1-3-22-10-11-23(17(25)16(22)24)18(26)21-12-4-6-13(7-5-12)28-15-14(27-2)19-8-9-20-15/h8-9,12-13H,3-7,10-11H2,1-2H3,(H,21,26). The van der Waals surface area contributed by atoms with Crippen LogP contribution in [0.25, 0.3) is 0 Å². The fourth-order valence-electron chi connectivity index (χ4n) is 3.44. The number of nitrogens with zero attached hydrogens (tertiary/aromatic N) is 4. The molecule has 1 aliphatic heterocycles. The number of carbonyl (C=O) groups excluding carboxylic acids is 3. The smallest absolute Gasteiger partial charge is 0.324 e. The van der Waals surface area contributed by atoms with Crippen LogP contribution in [0.1, 0.15) is 32.6 Å². The number of urea groups is 1. The number of ether oxygens (including phenoxy) is 2. The van der Waals surface area contributed by atoms with Crippen molar-refractivity contribution in [1.82, 2.24) is 25.1 Å². The van der Waals surface area contributed by atoms with E-state index in [2.05, 4.69) is 15.3 Å². The van der Waals surface area contributed by atoms with Gasteiger partial charge in [-0.3, -0.25) is 14.5 Å². The van der Waals surface area contributed by atoms with Gasteiger partial charge in [-0.1, -0.05) is 0 Å². The predicted octanol–water partition coefficient (Wildman–Crippen LogP) is 0.575. The second-order valence-electron chi connectivity index (χ2n) is 6.75. The second-order valence-corrected chi connectivity index (χ2v) is 6.75. The normalized spacial score (nSPS) is 22.8. The van der Waals surface area contributed by atoms with Gasteiger partial charge >= 0.3 is 17.8 Å². The number of nitrogens with one attached hydrogen (secondary N) is 1. The van der Waals surface area contributed by atoms with Gasteiger partial charge in [-0.25, -0.2) is 14.8 Å². The number of rotatable bonds is 5. The van der Waals surface area contributed by atoms with Crippen LogP contribution in [0.15, 0.2) is 12.4 Å². The maximum absolute atomic E-state index is 12.4. The van der Waals surface area contributed by atoms with Gasteiger partial charge in [0.25, 0.3) is 11.8 Å². The van der Waals surface area contributed by atoms with Gasteiger partial charge in [-0.2, -0.15) is 0 Å². The average Bonchev–Trinajstić information content (AvgIpc) is 2.71. The molecule has 0 aromatic carbocycles. The zero-order valence-corrected chi connectivity index (χ0v) is 16.1. The molecule has 0 bridgehead atoms. The van der Waals surface area contributed by atoms with Crippen LogP contribution >= 0.6 is 0 Å². The Labute approximate surface area is 163 Å². The molecular weight excluding hydrogens is 366 g/mol. The summed E-state index contributed by atoms with van der Waals surface area (Å²) in [5.41, 5.74) is 0. The number of hydrogen-bond acceptors (Lipinski definition) is 7. The van der Waals surface area contributed by atoms with Gasteiger partial charge in [0.1, 0.15) is 6.10 Å². The molecule has 2 heterocycles. The summed E-state index contributed by atoms with van der Waals surface area (Å²) in [6, 6.07) is -0.572. The molecular formula is C18H25N5O5. The first-order valence-corrected chi connectivity index (χ1v) is 9.46. The number of carbonyl (C=O) groups is 3. The summed E-state index contributed by atoms with van der Waals surface area (Å²) in [4.78, 5) is 47.1. The lowest BCUT2D eigenvalue weighted by Crippen LogP contribution is -2.59. The highest BCUT2D eigenvalue weighted by molar-refractivity contribution is 6.38. The van der Waals surface area contributed by atoms with Crippen LogP contribution < -0.4 is 14.8 Å². The Morgan fingerprint density at radius 2 is 1.79 bits per heavy atom. The molecule has 0 atom stereocenters. The van der Waals surface area contributed by atoms with Gasteiger partial charge in [-0.05, 0) is 32.6 Å². The van der Waals surface area contributed by atoms with E-state index in [0.717, 1.165) is 17.7 Å². The van der Waals surface area contributed by atoms with Crippen molar-refractivity contribution in [1.29, 1.82) is 0 Å². The first-order chi connectivity index (χ1) is 13.5. The number of hydrogen-bond donors (Lipinski definition) is 1. The van der Waals surface area contributed by atoms with Crippen LogP contribution in [0.4, 0.5) is 4.79 Å². The van der Waals surface area contributed by atoms with E-state index in [-0.39, 0.29) is 18.7 Å². The van der Waals surface area contributed by atoms with Crippen LogP contribution in [0.5, 0.6) is 11.8 Å². The van der Waals surface area contributed by atoms with Crippen molar-refractivity contribution in [2.45, 2.75) is 44.8 Å². The third kappa shape index (κ3) is 4.32. The molecule has 3 rings (SSSR count). The predicted molar refractivity (Wildman–Crippen MR) is 97.8 cm³/mol. The summed E-state index contributed by atoms with van der Waals surface area (Å²) >= 11 is 0. The van der Waals surface area contributed by atoms with Crippen molar-refractivity contribution in [3.8, 4) is 11.8 Å². The molecule has 10 nitrogen and oxygen atoms in total. The summed E-state index contributed by atoms with van der Waals surface area (Å²) in [5, 5.41) is 2.87. The minimum atomic E-state index is -0.766. The molecule has 1 aromatic heterocycles. The van der Waals surface area contributed by atoms with E-state index < -0.39 is 17.8 Å². The Hall–Kier alpha value is -2.91. The van der Waals surface area contributed by atoms with Crippen LogP contribution in [0, 0.1) is 0 Å². The van der Waals surface area contributed by atoms with E-state index in [9.17, 15) is 14.4 Å². The van der Waals surface area contributed by atoms with E-state index in [1.807, 2.05) is 0 Å². The number of piperazine rings is 1. The topological polar surface area (TPSA) is 114 Å². The van der Waals surface area contributed by atoms with Crippen LogP contribution in [-0.2, 0) is 9.59 Å². The molecule has 0 unspecified atom stereocenters. The largest absolute Gasteiger partial charge is 0.477 e. The van der Waals surface area contributed by atoms with Crippen molar-refractivity contribution >= 4 is 17.8 Å². The maximum atomic E-state index is 12.4. The minimum absolute atomic E-state index is 0.0462. The third-order valence-corrected chi connectivity index (χ3v) is 5.04. The zero-order valence-electron chi connectivity index (χ0n) is 16.1. The van der Waals surface area contributed by atoms with Gasteiger partial charge in [0.2, 0.25) is 0 Å². The minimum Gasteiger partial charge on any atom is -0.477 e. The Bertz CT molecular complexity index is 735. The first-order valence-electron chi connectivity index (χ1n) is 9.46. The Morgan fingerprint density at radius 3 is 2.43 bits per heavy atom. The van der Waals surface area contributed by atoms with Crippen LogP contribution in [0.2, 0.25) is 0 Å². The highest BCUT2D eigenvalue weighted by Crippen LogP contribution is 2.27. The molecule has 1 saturated carbocycles. The monoisotopic (exact) mass is 391 g/mol. The highest BCUT2D eigenvalue weighted by Gasteiger charge is 2.36. The van der Waals surface area contributed by atoms with Crippen LogP contribution in [0.3, 0.4) is 0 Å². The number of methoxy groups -OCH3 is 1. The van der Waals surface area contributed by atoms with E-state index in [1.165, 1.54) is 18.2 Å².